The minimum atomic E-state index is -0.884. The summed E-state index contributed by atoms with van der Waals surface area (Å²) in [5.74, 6) is -1.14. The van der Waals surface area contributed by atoms with E-state index in [1.54, 1.807) is 36.4 Å². The highest BCUT2D eigenvalue weighted by atomic mass is 16.5. The van der Waals surface area contributed by atoms with Crippen LogP contribution in [0.2, 0.25) is 0 Å². The Morgan fingerprint density at radius 2 is 1.69 bits per heavy atom. The summed E-state index contributed by atoms with van der Waals surface area (Å²) in [6.07, 6.45) is 6.70. The maximum atomic E-state index is 13.2. The van der Waals surface area contributed by atoms with Gasteiger partial charge in [0.25, 0.3) is 11.8 Å². The molecule has 4 rings (SSSR count). The number of hydrogen-bond acceptors (Lipinski definition) is 4. The fourth-order valence-corrected chi connectivity index (χ4v) is 3.93. The normalized spacial score (nSPS) is 12.1. The van der Waals surface area contributed by atoms with Crippen LogP contribution in [0, 0.1) is 0 Å². The molecule has 0 fully saturated rings. The molecule has 1 aliphatic rings. The molecule has 0 atom stereocenters. The Hall–Kier alpha value is -4.65. The summed E-state index contributed by atoms with van der Waals surface area (Å²) in [5.41, 5.74) is 2.40. The van der Waals surface area contributed by atoms with Crippen molar-refractivity contribution in [2.24, 2.45) is 0 Å². The highest BCUT2D eigenvalue weighted by Crippen LogP contribution is 2.25. The predicted molar refractivity (Wildman–Crippen MR) is 139 cm³/mol. The fourth-order valence-electron chi connectivity index (χ4n) is 3.93. The van der Waals surface area contributed by atoms with E-state index < -0.39 is 11.9 Å². The molecule has 0 bridgehead atoms. The van der Waals surface area contributed by atoms with Gasteiger partial charge in [-0.25, -0.2) is 0 Å². The van der Waals surface area contributed by atoms with Crippen LogP contribution >= 0.6 is 0 Å². The molecular weight excluding hydrogens is 456 g/mol. The number of anilines is 2. The molecule has 0 unspecified atom stereocenters. The molecule has 0 spiro atoms. The van der Waals surface area contributed by atoms with Crippen LogP contribution in [-0.4, -0.2) is 30.0 Å². The second-order valence-electron chi connectivity index (χ2n) is 8.29. The molecule has 7 heteroatoms. The lowest BCUT2D eigenvalue weighted by Gasteiger charge is -2.14. The zero-order chi connectivity index (χ0) is 25.5. The Balaban J connectivity index is 1.57. The van der Waals surface area contributed by atoms with Gasteiger partial charge >= 0.3 is 5.97 Å². The van der Waals surface area contributed by atoms with E-state index in [-0.39, 0.29) is 17.9 Å². The molecule has 36 heavy (non-hydrogen) atoms. The molecule has 1 aliphatic carbocycles. The lowest BCUT2D eigenvalue weighted by atomic mass is 10.1. The van der Waals surface area contributed by atoms with Gasteiger partial charge < -0.3 is 20.5 Å². The third kappa shape index (κ3) is 6.07. The van der Waals surface area contributed by atoms with Crippen molar-refractivity contribution in [1.82, 2.24) is 0 Å². The van der Waals surface area contributed by atoms with Crippen molar-refractivity contribution in [1.29, 1.82) is 0 Å². The van der Waals surface area contributed by atoms with E-state index in [4.69, 9.17) is 9.84 Å². The van der Waals surface area contributed by atoms with Crippen LogP contribution in [0.15, 0.2) is 78.4 Å². The van der Waals surface area contributed by atoms with E-state index in [2.05, 4.69) is 16.7 Å². The number of carbonyl (C=O) groups excluding carboxylic acids is 2. The Labute approximate surface area is 208 Å². The van der Waals surface area contributed by atoms with Gasteiger partial charge in [0.05, 0.1) is 18.4 Å². The van der Waals surface area contributed by atoms with E-state index in [0.717, 1.165) is 16.0 Å². The Morgan fingerprint density at radius 3 is 2.47 bits per heavy atom. The van der Waals surface area contributed by atoms with Gasteiger partial charge in [0.1, 0.15) is 5.75 Å². The largest absolute Gasteiger partial charge is 0.497 e. The number of hydrogen-bond donors (Lipinski definition) is 3. The van der Waals surface area contributed by atoms with E-state index in [0.29, 0.717) is 35.5 Å². The Kier molecular flexibility index (Phi) is 7.60. The number of carboxylic acid groups (broad SMARTS) is 1. The number of amides is 2. The molecule has 0 heterocycles. The molecule has 0 aliphatic heterocycles. The SMILES string of the molecule is COc1ccc(C(=O)Nc2cccc(CCC(=O)O)c2)c(NC(=O)C2=CCC=c3ccccc3=C2)c1. The summed E-state index contributed by atoms with van der Waals surface area (Å²) in [6, 6.07) is 19.7. The lowest BCUT2D eigenvalue weighted by Crippen LogP contribution is -2.24. The van der Waals surface area contributed by atoms with Crippen LogP contribution < -0.4 is 25.8 Å². The zero-order valence-corrected chi connectivity index (χ0v) is 19.8. The molecule has 7 nitrogen and oxygen atoms in total. The van der Waals surface area contributed by atoms with Crippen molar-refractivity contribution in [2.45, 2.75) is 19.3 Å². The van der Waals surface area contributed by atoms with Gasteiger partial charge in [0.2, 0.25) is 0 Å². The smallest absolute Gasteiger partial charge is 0.303 e. The quantitative estimate of drug-likeness (QED) is 0.456. The van der Waals surface area contributed by atoms with Gasteiger partial charge in [-0.05, 0) is 59.2 Å². The number of carboxylic acids is 1. The monoisotopic (exact) mass is 482 g/mol. The second kappa shape index (κ2) is 11.2. The van der Waals surface area contributed by atoms with Gasteiger partial charge in [0, 0.05) is 23.7 Å². The first-order valence-corrected chi connectivity index (χ1v) is 11.5. The Bertz CT molecular complexity index is 1470. The van der Waals surface area contributed by atoms with Crippen LogP contribution in [0.3, 0.4) is 0 Å². The third-order valence-electron chi connectivity index (χ3n) is 5.78. The van der Waals surface area contributed by atoms with E-state index >= 15 is 0 Å². The number of nitrogens with one attached hydrogen (secondary N) is 2. The molecule has 0 aromatic heterocycles. The molecule has 3 aromatic rings. The topological polar surface area (TPSA) is 105 Å². The maximum Gasteiger partial charge on any atom is 0.303 e. The number of aryl methyl sites for hydroxylation is 1. The van der Waals surface area contributed by atoms with Crippen LogP contribution in [0.4, 0.5) is 11.4 Å². The van der Waals surface area contributed by atoms with Crippen LogP contribution in [0.25, 0.3) is 12.2 Å². The van der Waals surface area contributed by atoms with Crippen LogP contribution in [-0.2, 0) is 16.0 Å². The van der Waals surface area contributed by atoms with Gasteiger partial charge in [-0.2, -0.15) is 0 Å². The average molecular weight is 483 g/mol. The molecule has 182 valence electrons. The summed E-state index contributed by atoms with van der Waals surface area (Å²) in [4.78, 5) is 37.2. The van der Waals surface area contributed by atoms with Crippen molar-refractivity contribution < 1.29 is 24.2 Å². The first-order valence-electron chi connectivity index (χ1n) is 11.5. The van der Waals surface area contributed by atoms with Crippen LogP contribution in [0.1, 0.15) is 28.8 Å². The number of fused-ring (bicyclic) bond motifs is 1. The summed E-state index contributed by atoms with van der Waals surface area (Å²) in [5, 5.41) is 16.6. The van der Waals surface area contributed by atoms with Crippen molar-refractivity contribution >= 4 is 41.3 Å². The van der Waals surface area contributed by atoms with E-state index in [1.165, 1.54) is 7.11 Å². The molecule has 3 aromatic carbocycles. The Morgan fingerprint density at radius 1 is 0.889 bits per heavy atom. The number of methoxy groups -OCH3 is 1. The minimum Gasteiger partial charge on any atom is -0.497 e. The van der Waals surface area contributed by atoms with Gasteiger partial charge in [0.15, 0.2) is 0 Å². The summed E-state index contributed by atoms with van der Waals surface area (Å²) < 4.78 is 5.30. The van der Waals surface area contributed by atoms with E-state index in [9.17, 15) is 14.4 Å². The number of rotatable bonds is 8. The van der Waals surface area contributed by atoms with E-state index in [1.807, 2.05) is 42.5 Å². The molecular formula is C29H26N2O5. The third-order valence-corrected chi connectivity index (χ3v) is 5.78. The number of benzene rings is 3. The lowest BCUT2D eigenvalue weighted by molar-refractivity contribution is -0.137. The maximum absolute atomic E-state index is 13.2. The molecule has 0 radical (unpaired) electrons. The van der Waals surface area contributed by atoms with Crippen molar-refractivity contribution in [3.63, 3.8) is 0 Å². The molecule has 3 N–H and O–H groups in total. The minimum absolute atomic E-state index is 0.00115. The summed E-state index contributed by atoms with van der Waals surface area (Å²) in [6.45, 7) is 0. The fraction of sp³-hybridized carbons (Fsp3) is 0.138. The first kappa shape index (κ1) is 24.5. The second-order valence-corrected chi connectivity index (χ2v) is 8.29. The average Bonchev–Trinajstić information content (AvgIpc) is 3.10. The number of ether oxygens (including phenoxy) is 1. The number of aliphatic carboxylic acids is 1. The number of carbonyl (C=O) groups is 3. The highest BCUT2D eigenvalue weighted by molar-refractivity contribution is 6.14. The van der Waals surface area contributed by atoms with Crippen molar-refractivity contribution in [3.05, 3.63) is 99.9 Å². The predicted octanol–water partition coefficient (Wildman–Crippen LogP) is 3.49. The van der Waals surface area contributed by atoms with Gasteiger partial charge in [-0.1, -0.05) is 48.6 Å². The molecule has 0 saturated carbocycles. The van der Waals surface area contributed by atoms with Gasteiger partial charge in [-0.3, -0.25) is 14.4 Å². The summed E-state index contributed by atoms with van der Waals surface area (Å²) >= 11 is 0. The zero-order valence-electron chi connectivity index (χ0n) is 19.8. The molecule has 0 saturated heterocycles. The molecule has 2 amide bonds. The van der Waals surface area contributed by atoms with Crippen molar-refractivity contribution in [2.75, 3.05) is 17.7 Å². The summed E-state index contributed by atoms with van der Waals surface area (Å²) in [7, 11) is 1.51. The first-order chi connectivity index (χ1) is 17.4. The van der Waals surface area contributed by atoms with Gasteiger partial charge in [-0.15, -0.1) is 0 Å². The highest BCUT2D eigenvalue weighted by Gasteiger charge is 2.17. The standard InChI is InChI=1S/C29H26N2O5/c1-36-24-13-14-25(29(35)30-23-11-4-6-19(16-23)12-15-27(32)33)26(18-24)31-28(34)22-10-5-9-20-7-2-3-8-21(20)17-22/h2-4,6-11,13-14,16-18H,5,12,15H2,1H3,(H,30,35)(H,31,34)(H,32,33). The van der Waals surface area contributed by atoms with Crippen LogP contribution in [0.5, 0.6) is 5.75 Å². The number of allylic oxidation sites excluding steroid dienone is 1. The van der Waals surface area contributed by atoms with Crippen molar-refractivity contribution in [3.8, 4) is 5.75 Å².